The highest BCUT2D eigenvalue weighted by Crippen LogP contribution is 2.17. The van der Waals surface area contributed by atoms with Crippen LogP contribution in [-0.2, 0) is 0 Å². The summed E-state index contributed by atoms with van der Waals surface area (Å²) in [5, 5.41) is 0.450. The lowest BCUT2D eigenvalue weighted by Crippen LogP contribution is -3.00. The second-order valence-corrected chi connectivity index (χ2v) is 4.61. The number of benzene rings is 1. The summed E-state index contributed by atoms with van der Waals surface area (Å²) in [5.41, 5.74) is 5.36. The molecule has 0 atom stereocenters. The number of hydrogen-bond acceptors (Lipinski definition) is 1. The lowest BCUT2D eigenvalue weighted by molar-refractivity contribution is -0.641. The number of aryl methyl sites for hydroxylation is 2. The van der Waals surface area contributed by atoms with E-state index in [0.29, 0.717) is 10.6 Å². The van der Waals surface area contributed by atoms with Gasteiger partial charge < -0.3 is 12.4 Å². The van der Waals surface area contributed by atoms with Crippen LogP contribution in [0.2, 0.25) is 5.02 Å². The molecule has 1 N–H and O–H groups in total. The van der Waals surface area contributed by atoms with Crippen LogP contribution in [0.25, 0.3) is 0 Å². The van der Waals surface area contributed by atoms with E-state index in [9.17, 15) is 4.79 Å². The van der Waals surface area contributed by atoms with Crippen molar-refractivity contribution >= 4 is 17.5 Å². The zero-order valence-corrected chi connectivity index (χ0v) is 12.2. The molecule has 100 valence electrons. The minimum Gasteiger partial charge on any atom is -1.00 e. The standard InChI is InChI=1S/C14H13ClN2O.ClH/c1-10-5-7-17(8-6-10)16-14(18)12-9-11(2)3-4-13(12)15;/h3-9H,1-2H3;1H. The van der Waals surface area contributed by atoms with E-state index in [1.54, 1.807) is 29.2 Å². The highest BCUT2D eigenvalue weighted by molar-refractivity contribution is 6.34. The Hall–Kier alpha value is -1.58. The van der Waals surface area contributed by atoms with Gasteiger partial charge in [0, 0.05) is 12.1 Å². The predicted molar refractivity (Wildman–Crippen MR) is 71.3 cm³/mol. The molecule has 0 bridgehead atoms. The van der Waals surface area contributed by atoms with Gasteiger partial charge in [-0.25, -0.2) is 0 Å². The van der Waals surface area contributed by atoms with E-state index in [-0.39, 0.29) is 18.3 Å². The molecule has 1 amide bonds. The van der Waals surface area contributed by atoms with Crippen molar-refractivity contribution in [2.24, 2.45) is 0 Å². The van der Waals surface area contributed by atoms with Crippen molar-refractivity contribution in [1.29, 1.82) is 0 Å². The molecule has 0 spiro atoms. The number of pyridine rings is 1. The van der Waals surface area contributed by atoms with E-state index in [1.165, 1.54) is 0 Å². The van der Waals surface area contributed by atoms with Crippen molar-refractivity contribution in [2.45, 2.75) is 13.8 Å². The highest BCUT2D eigenvalue weighted by atomic mass is 35.5. The highest BCUT2D eigenvalue weighted by Gasteiger charge is 2.14. The minimum atomic E-state index is -0.224. The Kier molecular flexibility index (Phi) is 5.33. The second kappa shape index (κ2) is 6.55. The van der Waals surface area contributed by atoms with E-state index in [1.807, 2.05) is 32.0 Å². The topological polar surface area (TPSA) is 33.0 Å². The number of aromatic nitrogens is 1. The third-order valence-electron chi connectivity index (χ3n) is 2.59. The van der Waals surface area contributed by atoms with Crippen LogP contribution in [0, 0.1) is 13.8 Å². The number of carbonyl (C=O) groups excluding carboxylic acids is 1. The number of halogens is 2. The van der Waals surface area contributed by atoms with Gasteiger partial charge in [0.15, 0.2) is 12.4 Å². The molecule has 5 heteroatoms. The first-order valence-corrected chi connectivity index (χ1v) is 5.99. The first-order valence-electron chi connectivity index (χ1n) is 5.62. The average Bonchev–Trinajstić information content (AvgIpc) is 2.35. The summed E-state index contributed by atoms with van der Waals surface area (Å²) in [6.07, 6.45) is 3.58. The van der Waals surface area contributed by atoms with Crippen LogP contribution in [-0.4, -0.2) is 5.91 Å². The number of carbonyl (C=O) groups is 1. The van der Waals surface area contributed by atoms with Crippen LogP contribution in [0.5, 0.6) is 0 Å². The van der Waals surface area contributed by atoms with Gasteiger partial charge in [-0.1, -0.05) is 27.9 Å². The van der Waals surface area contributed by atoms with Gasteiger partial charge in [0.05, 0.1) is 10.6 Å². The van der Waals surface area contributed by atoms with Gasteiger partial charge in [-0.3, -0.25) is 4.79 Å². The fourth-order valence-corrected chi connectivity index (χ4v) is 1.77. The van der Waals surface area contributed by atoms with Crippen molar-refractivity contribution in [3.63, 3.8) is 0 Å². The fraction of sp³-hybridized carbons (Fsp3) is 0.143. The second-order valence-electron chi connectivity index (χ2n) is 4.21. The van der Waals surface area contributed by atoms with Gasteiger partial charge >= 0.3 is 5.91 Å². The van der Waals surface area contributed by atoms with E-state index in [2.05, 4.69) is 5.43 Å². The first kappa shape index (κ1) is 15.5. The molecule has 0 saturated heterocycles. The quantitative estimate of drug-likeness (QED) is 0.754. The Balaban J connectivity index is 0.00000180. The maximum absolute atomic E-state index is 12.1. The Morgan fingerprint density at radius 1 is 1.11 bits per heavy atom. The van der Waals surface area contributed by atoms with Crippen molar-refractivity contribution < 1.29 is 21.9 Å². The molecule has 0 aliphatic carbocycles. The van der Waals surface area contributed by atoms with Crippen molar-refractivity contribution in [2.75, 3.05) is 5.43 Å². The summed E-state index contributed by atoms with van der Waals surface area (Å²) in [6.45, 7) is 3.91. The van der Waals surface area contributed by atoms with Crippen LogP contribution < -0.4 is 22.5 Å². The van der Waals surface area contributed by atoms with Crippen LogP contribution in [0.3, 0.4) is 0 Å². The lowest BCUT2D eigenvalue weighted by atomic mass is 10.1. The van der Waals surface area contributed by atoms with Gasteiger partial charge in [-0.05, 0) is 31.5 Å². The maximum atomic E-state index is 12.1. The average molecular weight is 297 g/mol. The van der Waals surface area contributed by atoms with E-state index in [0.717, 1.165) is 11.1 Å². The number of rotatable bonds is 2. The summed E-state index contributed by atoms with van der Waals surface area (Å²) in [6, 6.07) is 9.20. The van der Waals surface area contributed by atoms with Gasteiger partial charge in [-0.2, -0.15) is 0 Å². The summed E-state index contributed by atoms with van der Waals surface area (Å²) < 4.78 is 1.61. The monoisotopic (exact) mass is 296 g/mol. The summed E-state index contributed by atoms with van der Waals surface area (Å²) in [4.78, 5) is 12.1. The zero-order valence-electron chi connectivity index (χ0n) is 10.7. The molecule has 0 unspecified atom stereocenters. The van der Waals surface area contributed by atoms with Crippen LogP contribution >= 0.6 is 11.6 Å². The molecule has 0 aliphatic rings. The summed E-state index contributed by atoms with van der Waals surface area (Å²) in [7, 11) is 0. The number of nitrogens with one attached hydrogen (secondary N) is 1. The fourth-order valence-electron chi connectivity index (χ4n) is 1.57. The van der Waals surface area contributed by atoms with Crippen LogP contribution in [0.1, 0.15) is 21.5 Å². The Labute approximate surface area is 123 Å². The van der Waals surface area contributed by atoms with E-state index >= 15 is 0 Å². The Morgan fingerprint density at radius 3 is 2.37 bits per heavy atom. The molecule has 19 heavy (non-hydrogen) atoms. The molecular formula is C14H14Cl2N2O. The van der Waals surface area contributed by atoms with Gasteiger partial charge in [0.25, 0.3) is 0 Å². The molecule has 2 rings (SSSR count). The molecule has 0 saturated carbocycles. The van der Waals surface area contributed by atoms with Crippen molar-refractivity contribution in [3.05, 3.63) is 64.4 Å². The normalized spacial score (nSPS) is 9.63. The Bertz CT molecular complexity index is 582. The molecular weight excluding hydrogens is 283 g/mol. The van der Waals surface area contributed by atoms with Crippen molar-refractivity contribution in [1.82, 2.24) is 0 Å². The molecule has 1 aromatic carbocycles. The summed E-state index contributed by atoms with van der Waals surface area (Å²) >= 11 is 6.01. The molecule has 1 heterocycles. The van der Waals surface area contributed by atoms with E-state index in [4.69, 9.17) is 11.6 Å². The van der Waals surface area contributed by atoms with Gasteiger partial charge in [0.2, 0.25) is 0 Å². The SMILES string of the molecule is Cc1cc[n+](NC(=O)c2cc(C)ccc2Cl)cc1.[Cl-]. The number of hydrogen-bond donors (Lipinski definition) is 1. The smallest absolute Gasteiger partial charge is 0.306 e. The maximum Gasteiger partial charge on any atom is 0.306 e. The molecule has 0 radical (unpaired) electrons. The minimum absolute atomic E-state index is 0. The number of amides is 1. The molecule has 2 aromatic rings. The van der Waals surface area contributed by atoms with E-state index < -0.39 is 0 Å². The number of nitrogens with zero attached hydrogens (tertiary/aromatic N) is 1. The summed E-state index contributed by atoms with van der Waals surface area (Å²) in [5.74, 6) is -0.224. The molecule has 3 nitrogen and oxygen atoms in total. The zero-order chi connectivity index (χ0) is 13.1. The lowest BCUT2D eigenvalue weighted by Gasteiger charge is -2.03. The Morgan fingerprint density at radius 2 is 1.74 bits per heavy atom. The molecule has 0 fully saturated rings. The van der Waals surface area contributed by atoms with Gasteiger partial charge in [-0.15, -0.1) is 5.43 Å². The molecule has 1 aromatic heterocycles. The first-order chi connectivity index (χ1) is 8.56. The largest absolute Gasteiger partial charge is 1.00 e. The van der Waals surface area contributed by atoms with Gasteiger partial charge in [0.1, 0.15) is 0 Å². The molecule has 0 aliphatic heterocycles. The van der Waals surface area contributed by atoms with Crippen LogP contribution in [0.15, 0.2) is 42.7 Å². The van der Waals surface area contributed by atoms with Crippen molar-refractivity contribution in [3.8, 4) is 0 Å². The third-order valence-corrected chi connectivity index (χ3v) is 2.92. The third kappa shape index (κ3) is 3.94. The predicted octanol–water partition coefficient (Wildman–Crippen LogP) is -0.368. The van der Waals surface area contributed by atoms with Crippen LogP contribution in [0.4, 0.5) is 0 Å².